The average Bonchev–Trinajstić information content (AvgIpc) is 2.91. The van der Waals surface area contributed by atoms with Crippen LogP contribution in [0.15, 0.2) is 53.2 Å². The number of carbonyl (C=O) groups is 1. The minimum absolute atomic E-state index is 0.297. The predicted octanol–water partition coefficient (Wildman–Crippen LogP) is 3.55. The molecular formula is C15H14O2S. The van der Waals surface area contributed by atoms with Gasteiger partial charge in [-0.15, -0.1) is 0 Å². The van der Waals surface area contributed by atoms with Gasteiger partial charge in [0.2, 0.25) is 0 Å². The van der Waals surface area contributed by atoms with Crippen molar-refractivity contribution in [3.63, 3.8) is 0 Å². The number of ether oxygens (including phenoxy) is 1. The second-order valence-corrected chi connectivity index (χ2v) is 4.57. The Morgan fingerprint density at radius 3 is 2.78 bits per heavy atom. The average molecular weight is 258 g/mol. The van der Waals surface area contributed by atoms with Crippen molar-refractivity contribution < 1.29 is 9.53 Å². The van der Waals surface area contributed by atoms with Crippen LogP contribution in [0.25, 0.3) is 6.08 Å². The van der Waals surface area contributed by atoms with Gasteiger partial charge in [-0.05, 0) is 34.0 Å². The van der Waals surface area contributed by atoms with E-state index >= 15 is 0 Å². The summed E-state index contributed by atoms with van der Waals surface area (Å²) < 4.78 is 5.12. The van der Waals surface area contributed by atoms with Crippen LogP contribution in [-0.4, -0.2) is 12.6 Å². The zero-order valence-electron chi connectivity index (χ0n) is 9.91. The highest BCUT2D eigenvalue weighted by Crippen LogP contribution is 2.06. The maximum Gasteiger partial charge on any atom is 0.330 e. The van der Waals surface area contributed by atoms with Gasteiger partial charge in [0, 0.05) is 12.5 Å². The van der Waals surface area contributed by atoms with Crippen molar-refractivity contribution >= 4 is 23.4 Å². The standard InChI is InChI=1S/C15H14O2S/c16-15(7-6-13-4-2-1-3-5-13)17-10-8-14-9-11-18-12-14/h1-7,9,11-12H,8,10H2. The van der Waals surface area contributed by atoms with Gasteiger partial charge >= 0.3 is 5.97 Å². The Hall–Kier alpha value is -1.87. The summed E-state index contributed by atoms with van der Waals surface area (Å²) in [5, 5.41) is 4.08. The molecule has 0 unspecified atom stereocenters. The van der Waals surface area contributed by atoms with E-state index in [4.69, 9.17) is 4.74 Å². The van der Waals surface area contributed by atoms with Crippen LogP contribution in [0.4, 0.5) is 0 Å². The summed E-state index contributed by atoms with van der Waals surface area (Å²) in [6, 6.07) is 11.7. The molecule has 0 spiro atoms. The molecule has 1 heterocycles. The topological polar surface area (TPSA) is 26.3 Å². The highest BCUT2D eigenvalue weighted by atomic mass is 32.1. The van der Waals surface area contributed by atoms with E-state index in [9.17, 15) is 4.79 Å². The zero-order valence-corrected chi connectivity index (χ0v) is 10.7. The predicted molar refractivity (Wildman–Crippen MR) is 74.5 cm³/mol. The van der Waals surface area contributed by atoms with Crippen molar-refractivity contribution in [1.82, 2.24) is 0 Å². The third-order valence-corrected chi connectivity index (χ3v) is 3.16. The molecule has 0 N–H and O–H groups in total. The molecule has 0 atom stereocenters. The summed E-state index contributed by atoms with van der Waals surface area (Å²) in [5.41, 5.74) is 2.20. The molecule has 1 aromatic heterocycles. The summed E-state index contributed by atoms with van der Waals surface area (Å²) in [6.07, 6.45) is 3.99. The SMILES string of the molecule is O=C(C=Cc1ccccc1)OCCc1ccsc1. The van der Waals surface area contributed by atoms with Crippen LogP contribution in [0.5, 0.6) is 0 Å². The second kappa shape index (κ2) is 6.77. The molecule has 2 aromatic rings. The number of hydrogen-bond acceptors (Lipinski definition) is 3. The number of rotatable bonds is 5. The van der Waals surface area contributed by atoms with Gasteiger partial charge in [-0.1, -0.05) is 30.3 Å². The fraction of sp³-hybridized carbons (Fsp3) is 0.133. The van der Waals surface area contributed by atoms with Crippen molar-refractivity contribution in [2.24, 2.45) is 0 Å². The Morgan fingerprint density at radius 2 is 2.06 bits per heavy atom. The highest BCUT2D eigenvalue weighted by molar-refractivity contribution is 7.07. The summed E-state index contributed by atoms with van der Waals surface area (Å²) in [5.74, 6) is -0.297. The maximum atomic E-state index is 11.4. The van der Waals surface area contributed by atoms with Crippen LogP contribution in [-0.2, 0) is 16.0 Å². The van der Waals surface area contributed by atoms with Crippen LogP contribution in [0.2, 0.25) is 0 Å². The molecular weight excluding hydrogens is 244 g/mol. The summed E-state index contributed by atoms with van der Waals surface area (Å²) in [6.45, 7) is 0.425. The van der Waals surface area contributed by atoms with Crippen LogP contribution < -0.4 is 0 Å². The monoisotopic (exact) mass is 258 g/mol. The van der Waals surface area contributed by atoms with Gasteiger partial charge in [0.1, 0.15) is 0 Å². The lowest BCUT2D eigenvalue weighted by Gasteiger charge is -2.00. The Balaban J connectivity index is 1.74. The zero-order chi connectivity index (χ0) is 12.6. The molecule has 92 valence electrons. The van der Waals surface area contributed by atoms with E-state index in [1.165, 1.54) is 11.6 Å². The summed E-state index contributed by atoms with van der Waals surface area (Å²) in [4.78, 5) is 11.4. The normalized spacial score (nSPS) is 10.7. The number of carbonyl (C=O) groups excluding carboxylic acids is 1. The first-order valence-corrected chi connectivity index (χ1v) is 6.70. The molecule has 3 heteroatoms. The summed E-state index contributed by atoms with van der Waals surface area (Å²) >= 11 is 1.65. The van der Waals surface area contributed by atoms with Crippen LogP contribution in [0.1, 0.15) is 11.1 Å². The molecule has 0 radical (unpaired) electrons. The van der Waals surface area contributed by atoms with Gasteiger partial charge in [-0.25, -0.2) is 4.79 Å². The fourth-order valence-corrected chi connectivity index (χ4v) is 2.18. The number of benzene rings is 1. The van der Waals surface area contributed by atoms with Crippen molar-refractivity contribution in [3.05, 3.63) is 64.4 Å². The van der Waals surface area contributed by atoms with E-state index in [0.717, 1.165) is 12.0 Å². The summed E-state index contributed by atoms with van der Waals surface area (Å²) in [7, 11) is 0. The Morgan fingerprint density at radius 1 is 1.22 bits per heavy atom. The van der Waals surface area contributed by atoms with Gasteiger partial charge < -0.3 is 4.74 Å². The van der Waals surface area contributed by atoms with Gasteiger partial charge in [-0.2, -0.15) is 11.3 Å². The molecule has 1 aromatic carbocycles. The molecule has 18 heavy (non-hydrogen) atoms. The van der Waals surface area contributed by atoms with Gasteiger partial charge in [0.05, 0.1) is 6.61 Å². The van der Waals surface area contributed by atoms with Crippen LogP contribution in [0, 0.1) is 0 Å². The van der Waals surface area contributed by atoms with Crippen LogP contribution >= 0.6 is 11.3 Å². The molecule has 2 nitrogen and oxygen atoms in total. The molecule has 0 aliphatic carbocycles. The lowest BCUT2D eigenvalue weighted by atomic mass is 10.2. The molecule has 0 saturated heterocycles. The molecule has 0 aliphatic rings. The molecule has 0 aliphatic heterocycles. The smallest absolute Gasteiger partial charge is 0.330 e. The lowest BCUT2D eigenvalue weighted by molar-refractivity contribution is -0.137. The molecule has 0 bridgehead atoms. The first-order chi connectivity index (χ1) is 8.84. The maximum absolute atomic E-state index is 11.4. The third-order valence-electron chi connectivity index (χ3n) is 2.43. The third kappa shape index (κ3) is 4.18. The molecule has 0 saturated carbocycles. The minimum Gasteiger partial charge on any atom is -0.462 e. The molecule has 0 amide bonds. The molecule has 0 fully saturated rings. The van der Waals surface area contributed by atoms with Gasteiger partial charge in [0.25, 0.3) is 0 Å². The highest BCUT2D eigenvalue weighted by Gasteiger charge is 1.98. The number of esters is 1. The van der Waals surface area contributed by atoms with Crippen molar-refractivity contribution in [2.75, 3.05) is 6.61 Å². The van der Waals surface area contributed by atoms with E-state index in [2.05, 4.69) is 5.38 Å². The fourth-order valence-electron chi connectivity index (χ4n) is 1.48. The Labute approximate surface area is 111 Å². The number of hydrogen-bond donors (Lipinski definition) is 0. The largest absolute Gasteiger partial charge is 0.462 e. The Kier molecular flexibility index (Phi) is 4.73. The second-order valence-electron chi connectivity index (χ2n) is 3.79. The van der Waals surface area contributed by atoms with Crippen molar-refractivity contribution in [3.8, 4) is 0 Å². The van der Waals surface area contributed by atoms with E-state index in [0.29, 0.717) is 6.61 Å². The quantitative estimate of drug-likeness (QED) is 0.605. The van der Waals surface area contributed by atoms with Gasteiger partial charge in [0.15, 0.2) is 0 Å². The Bertz CT molecular complexity index is 501. The van der Waals surface area contributed by atoms with E-state index < -0.39 is 0 Å². The van der Waals surface area contributed by atoms with Crippen molar-refractivity contribution in [1.29, 1.82) is 0 Å². The van der Waals surface area contributed by atoms with Crippen LogP contribution in [0.3, 0.4) is 0 Å². The molecule has 2 rings (SSSR count). The lowest BCUT2D eigenvalue weighted by Crippen LogP contribution is -2.04. The first kappa shape index (κ1) is 12.6. The van der Waals surface area contributed by atoms with E-state index in [1.807, 2.05) is 41.8 Å². The minimum atomic E-state index is -0.297. The van der Waals surface area contributed by atoms with Crippen molar-refractivity contribution in [2.45, 2.75) is 6.42 Å². The van der Waals surface area contributed by atoms with E-state index in [-0.39, 0.29) is 5.97 Å². The van der Waals surface area contributed by atoms with E-state index in [1.54, 1.807) is 17.4 Å². The number of thiophene rings is 1. The first-order valence-electron chi connectivity index (χ1n) is 5.75. The van der Waals surface area contributed by atoms with Gasteiger partial charge in [-0.3, -0.25) is 0 Å².